The van der Waals surface area contributed by atoms with Crippen LogP contribution >= 0.6 is 0 Å². The molecule has 10 heteroatoms. The molecule has 1 unspecified atom stereocenters. The summed E-state index contributed by atoms with van der Waals surface area (Å²) in [6.45, 7) is -0.0274. The molecule has 1 aliphatic rings. The minimum atomic E-state index is -1.25. The number of ether oxygens (including phenoxy) is 1. The molecule has 2 heterocycles. The van der Waals surface area contributed by atoms with Crippen molar-refractivity contribution < 1.29 is 28.9 Å². The van der Waals surface area contributed by atoms with Crippen molar-refractivity contribution >= 4 is 11.8 Å². The Morgan fingerprint density at radius 3 is 2.53 bits per heavy atom. The number of carbonyl (C=O) groups excluding carboxylic acids is 2. The number of aliphatic hydroxyl groups is 1. The van der Waals surface area contributed by atoms with Gasteiger partial charge in [0.25, 0.3) is 11.8 Å². The highest BCUT2D eigenvalue weighted by molar-refractivity contribution is 5.99. The summed E-state index contributed by atoms with van der Waals surface area (Å²) in [5, 5.41) is 23.5. The molecule has 1 atom stereocenters. The van der Waals surface area contributed by atoms with Crippen molar-refractivity contribution in [2.75, 3.05) is 13.2 Å². The van der Waals surface area contributed by atoms with Crippen LogP contribution in [0.25, 0.3) is 0 Å². The van der Waals surface area contributed by atoms with Gasteiger partial charge in [-0.1, -0.05) is 30.3 Å². The highest BCUT2D eigenvalue weighted by Crippen LogP contribution is 2.23. The standard InChI is InChI=1S/C24H22FN3O6/c25-16-8-6-15(7-9-16)12-26-23(32)18-13-27-14-19(29)28(24(33)20(27)22(31)21(18)30)10-11-34-17-4-2-1-3-5-17/h1-9,13,19,29,31H,10-12,14H2,(H,26,32). The van der Waals surface area contributed by atoms with E-state index in [1.54, 1.807) is 24.3 Å². The van der Waals surface area contributed by atoms with E-state index in [1.807, 2.05) is 6.07 Å². The van der Waals surface area contributed by atoms with E-state index in [1.165, 1.54) is 28.8 Å². The van der Waals surface area contributed by atoms with Crippen molar-refractivity contribution in [3.63, 3.8) is 0 Å². The van der Waals surface area contributed by atoms with Crippen molar-refractivity contribution in [2.45, 2.75) is 19.3 Å². The van der Waals surface area contributed by atoms with Crippen LogP contribution in [0.1, 0.15) is 26.4 Å². The molecule has 0 fully saturated rings. The maximum atomic E-state index is 13.0. The second kappa shape index (κ2) is 9.75. The van der Waals surface area contributed by atoms with Crippen molar-refractivity contribution in [3.05, 3.63) is 93.7 Å². The number of fused-ring (bicyclic) bond motifs is 1. The molecule has 0 radical (unpaired) electrons. The number of benzene rings is 2. The molecule has 4 rings (SSSR count). The monoisotopic (exact) mass is 467 g/mol. The molecule has 2 amide bonds. The van der Waals surface area contributed by atoms with Crippen molar-refractivity contribution in [1.82, 2.24) is 14.8 Å². The van der Waals surface area contributed by atoms with Gasteiger partial charge < -0.3 is 29.7 Å². The largest absolute Gasteiger partial charge is 0.503 e. The number of pyridine rings is 1. The number of nitrogens with one attached hydrogen (secondary N) is 1. The highest BCUT2D eigenvalue weighted by Gasteiger charge is 2.35. The van der Waals surface area contributed by atoms with Crippen LogP contribution in [-0.2, 0) is 13.1 Å². The topological polar surface area (TPSA) is 121 Å². The third kappa shape index (κ3) is 4.76. The molecule has 34 heavy (non-hydrogen) atoms. The summed E-state index contributed by atoms with van der Waals surface area (Å²) in [6.07, 6.45) is -0.118. The van der Waals surface area contributed by atoms with Crippen molar-refractivity contribution in [1.29, 1.82) is 0 Å². The fourth-order valence-corrected chi connectivity index (χ4v) is 3.63. The Balaban J connectivity index is 1.49. The first-order valence-electron chi connectivity index (χ1n) is 10.5. The number of carbonyl (C=O) groups is 2. The number of hydrogen-bond acceptors (Lipinski definition) is 6. The first kappa shape index (κ1) is 23.0. The average molecular weight is 467 g/mol. The molecule has 176 valence electrons. The minimum absolute atomic E-state index is 0.0163. The summed E-state index contributed by atoms with van der Waals surface area (Å²) in [5.41, 5.74) is -1.10. The number of para-hydroxylation sites is 1. The van der Waals surface area contributed by atoms with Crippen LogP contribution in [-0.4, -0.2) is 50.9 Å². The van der Waals surface area contributed by atoms with Gasteiger partial charge in [0.15, 0.2) is 11.4 Å². The number of nitrogens with zero attached hydrogens (tertiary/aromatic N) is 2. The summed E-state index contributed by atoms with van der Waals surface area (Å²) < 4.78 is 19.8. The first-order chi connectivity index (χ1) is 16.3. The Kier molecular flexibility index (Phi) is 6.60. The third-order valence-electron chi connectivity index (χ3n) is 5.39. The van der Waals surface area contributed by atoms with Gasteiger partial charge in [0.05, 0.1) is 13.1 Å². The summed E-state index contributed by atoms with van der Waals surface area (Å²) in [7, 11) is 0. The molecule has 3 N–H and O–H groups in total. The minimum Gasteiger partial charge on any atom is -0.503 e. The number of amides is 2. The van der Waals surface area contributed by atoms with E-state index in [0.717, 1.165) is 11.1 Å². The Bertz CT molecular complexity index is 1260. The van der Waals surface area contributed by atoms with Gasteiger partial charge in [0, 0.05) is 12.7 Å². The van der Waals surface area contributed by atoms with E-state index in [-0.39, 0.29) is 37.5 Å². The van der Waals surface area contributed by atoms with Crippen LogP contribution in [0, 0.1) is 5.82 Å². The molecule has 2 aromatic carbocycles. The van der Waals surface area contributed by atoms with Crippen molar-refractivity contribution in [3.8, 4) is 11.5 Å². The number of aromatic nitrogens is 1. The van der Waals surface area contributed by atoms with Gasteiger partial charge in [0.1, 0.15) is 30.0 Å². The zero-order chi connectivity index (χ0) is 24.2. The lowest BCUT2D eigenvalue weighted by Crippen LogP contribution is -2.50. The fraction of sp³-hybridized carbons (Fsp3) is 0.208. The molecular weight excluding hydrogens is 445 g/mol. The van der Waals surface area contributed by atoms with Crippen LogP contribution in [0.2, 0.25) is 0 Å². The van der Waals surface area contributed by atoms with Crippen LogP contribution in [0.5, 0.6) is 11.5 Å². The average Bonchev–Trinajstić information content (AvgIpc) is 2.83. The lowest BCUT2D eigenvalue weighted by Gasteiger charge is -2.34. The fourth-order valence-electron chi connectivity index (χ4n) is 3.63. The lowest BCUT2D eigenvalue weighted by molar-refractivity contribution is -0.0167. The van der Waals surface area contributed by atoms with Crippen LogP contribution in [0.4, 0.5) is 4.39 Å². The van der Waals surface area contributed by atoms with Gasteiger partial charge in [-0.15, -0.1) is 0 Å². The second-order valence-electron chi connectivity index (χ2n) is 7.67. The van der Waals surface area contributed by atoms with E-state index in [9.17, 15) is 29.0 Å². The third-order valence-corrected chi connectivity index (χ3v) is 5.39. The normalized spacial score (nSPS) is 15.1. The Labute approximate surface area is 193 Å². The van der Waals surface area contributed by atoms with E-state index in [2.05, 4.69) is 5.32 Å². The lowest BCUT2D eigenvalue weighted by atomic mass is 10.1. The summed E-state index contributed by atoms with van der Waals surface area (Å²) in [4.78, 5) is 39.2. The molecule has 9 nitrogen and oxygen atoms in total. The molecule has 1 aliphatic heterocycles. The zero-order valence-electron chi connectivity index (χ0n) is 18.0. The molecule has 3 aromatic rings. The Morgan fingerprint density at radius 2 is 1.82 bits per heavy atom. The van der Waals surface area contributed by atoms with Gasteiger partial charge in [0.2, 0.25) is 5.43 Å². The van der Waals surface area contributed by atoms with Crippen LogP contribution in [0.3, 0.4) is 0 Å². The van der Waals surface area contributed by atoms with E-state index in [4.69, 9.17) is 4.74 Å². The maximum Gasteiger partial charge on any atom is 0.276 e. The van der Waals surface area contributed by atoms with Gasteiger partial charge >= 0.3 is 0 Å². The molecule has 0 bridgehead atoms. The van der Waals surface area contributed by atoms with Gasteiger partial charge in [-0.3, -0.25) is 14.4 Å². The van der Waals surface area contributed by atoms with Crippen LogP contribution in [0.15, 0.2) is 65.6 Å². The smallest absolute Gasteiger partial charge is 0.276 e. The molecular formula is C24H22FN3O6. The van der Waals surface area contributed by atoms with Gasteiger partial charge in [-0.2, -0.15) is 0 Å². The summed E-state index contributed by atoms with van der Waals surface area (Å²) >= 11 is 0. The van der Waals surface area contributed by atoms with E-state index < -0.39 is 35.0 Å². The summed E-state index contributed by atoms with van der Waals surface area (Å²) in [5.74, 6) is -2.24. The van der Waals surface area contributed by atoms with Gasteiger partial charge in [-0.25, -0.2) is 4.39 Å². The molecule has 0 saturated carbocycles. The molecule has 0 aliphatic carbocycles. The predicted molar refractivity (Wildman–Crippen MR) is 119 cm³/mol. The Morgan fingerprint density at radius 1 is 1.12 bits per heavy atom. The molecule has 1 aromatic heterocycles. The van der Waals surface area contributed by atoms with E-state index in [0.29, 0.717) is 11.3 Å². The van der Waals surface area contributed by atoms with E-state index >= 15 is 0 Å². The quantitative estimate of drug-likeness (QED) is 0.484. The maximum absolute atomic E-state index is 13.0. The number of halogens is 1. The van der Waals surface area contributed by atoms with Crippen molar-refractivity contribution in [2.24, 2.45) is 0 Å². The number of aliphatic hydroxyl groups excluding tert-OH is 1. The predicted octanol–water partition coefficient (Wildman–Crippen LogP) is 1.48. The zero-order valence-corrected chi connectivity index (χ0v) is 18.0. The first-order valence-corrected chi connectivity index (χ1v) is 10.5. The second-order valence-corrected chi connectivity index (χ2v) is 7.67. The molecule has 0 saturated heterocycles. The van der Waals surface area contributed by atoms with Gasteiger partial charge in [-0.05, 0) is 29.8 Å². The number of aromatic hydroxyl groups is 1. The Hall–Kier alpha value is -4.18. The number of hydrogen-bond donors (Lipinski definition) is 3. The molecule has 0 spiro atoms. The highest BCUT2D eigenvalue weighted by atomic mass is 19.1. The SMILES string of the molecule is O=C(NCc1ccc(F)cc1)c1cn2c(c(O)c1=O)C(=O)N(CCOc1ccccc1)C(O)C2. The summed E-state index contributed by atoms with van der Waals surface area (Å²) in [6, 6.07) is 14.4. The van der Waals surface area contributed by atoms with Crippen LogP contribution < -0.4 is 15.5 Å². The number of rotatable bonds is 7.